The Kier molecular flexibility index (Phi) is 3.59. The molecule has 0 aromatic heterocycles. The summed E-state index contributed by atoms with van der Waals surface area (Å²) in [7, 11) is 1.33. The summed E-state index contributed by atoms with van der Waals surface area (Å²) >= 11 is 0. The zero-order valence-electron chi connectivity index (χ0n) is 8.42. The van der Waals surface area contributed by atoms with Crippen molar-refractivity contribution >= 4 is 5.97 Å². The molecule has 0 bridgehead atoms. The van der Waals surface area contributed by atoms with Crippen molar-refractivity contribution in [3.05, 3.63) is 0 Å². The molecule has 1 fully saturated rings. The van der Waals surface area contributed by atoms with E-state index >= 15 is 0 Å². The van der Waals surface area contributed by atoms with Gasteiger partial charge < -0.3 is 5.11 Å². The van der Waals surface area contributed by atoms with E-state index in [0.29, 0.717) is 19.3 Å². The van der Waals surface area contributed by atoms with Crippen LogP contribution in [0.4, 0.5) is 13.2 Å². The van der Waals surface area contributed by atoms with Crippen molar-refractivity contribution in [3.63, 3.8) is 0 Å². The Bertz CT molecular complexity index is 242. The molecule has 0 spiro atoms. The van der Waals surface area contributed by atoms with Crippen molar-refractivity contribution in [2.45, 2.75) is 31.5 Å². The Morgan fingerprint density at radius 1 is 1.47 bits per heavy atom. The lowest BCUT2D eigenvalue weighted by Gasteiger charge is -2.28. The fraction of sp³-hybridized carbons (Fsp3) is 0.889. The van der Waals surface area contributed by atoms with Crippen molar-refractivity contribution in [2.75, 3.05) is 13.6 Å². The number of hydrogen-bond acceptors (Lipinski definition) is 2. The third kappa shape index (κ3) is 3.37. The number of halogens is 3. The van der Waals surface area contributed by atoms with Crippen LogP contribution in [0.5, 0.6) is 0 Å². The molecule has 0 aromatic carbocycles. The predicted molar refractivity (Wildman–Crippen MR) is 47.4 cm³/mol. The van der Waals surface area contributed by atoms with Gasteiger partial charge >= 0.3 is 12.1 Å². The first-order chi connectivity index (χ1) is 6.81. The number of nitrogens with zero attached hydrogens (tertiary/aromatic N) is 1. The number of aliphatic carboxylic acids is 1. The average molecular weight is 225 g/mol. The van der Waals surface area contributed by atoms with Crippen LogP contribution in [-0.4, -0.2) is 41.8 Å². The van der Waals surface area contributed by atoms with Crippen LogP contribution in [0.25, 0.3) is 0 Å². The highest BCUT2D eigenvalue weighted by Crippen LogP contribution is 2.31. The van der Waals surface area contributed by atoms with E-state index in [4.69, 9.17) is 5.11 Å². The van der Waals surface area contributed by atoms with Crippen molar-refractivity contribution in [3.8, 4) is 0 Å². The van der Waals surface area contributed by atoms with Crippen molar-refractivity contribution in [2.24, 2.45) is 5.92 Å². The fourth-order valence-electron chi connectivity index (χ4n) is 2.16. The van der Waals surface area contributed by atoms with Gasteiger partial charge in [0.25, 0.3) is 0 Å². The van der Waals surface area contributed by atoms with Crippen LogP contribution in [0.1, 0.15) is 19.3 Å². The van der Waals surface area contributed by atoms with E-state index in [9.17, 15) is 18.0 Å². The van der Waals surface area contributed by atoms with Gasteiger partial charge in [-0.25, -0.2) is 0 Å². The van der Waals surface area contributed by atoms with E-state index in [0.717, 1.165) is 4.90 Å². The molecule has 3 nitrogen and oxygen atoms in total. The molecule has 1 rings (SSSR count). The first-order valence-electron chi connectivity index (χ1n) is 4.81. The van der Waals surface area contributed by atoms with Gasteiger partial charge in [-0.05, 0) is 19.9 Å². The first kappa shape index (κ1) is 12.3. The summed E-state index contributed by atoms with van der Waals surface area (Å²) in [5.41, 5.74) is 0. The van der Waals surface area contributed by atoms with E-state index in [2.05, 4.69) is 0 Å². The van der Waals surface area contributed by atoms with Gasteiger partial charge in [0.2, 0.25) is 0 Å². The summed E-state index contributed by atoms with van der Waals surface area (Å²) in [5.74, 6) is -1.65. The van der Waals surface area contributed by atoms with E-state index in [1.54, 1.807) is 0 Å². The van der Waals surface area contributed by atoms with Gasteiger partial charge in [0.15, 0.2) is 0 Å². The van der Waals surface area contributed by atoms with Crippen LogP contribution in [0.15, 0.2) is 0 Å². The zero-order chi connectivity index (χ0) is 11.6. The lowest BCUT2D eigenvalue weighted by molar-refractivity contribution is -0.155. The first-order valence-corrected chi connectivity index (χ1v) is 4.81. The summed E-state index contributed by atoms with van der Waals surface area (Å²) in [4.78, 5) is 11.9. The highest BCUT2D eigenvalue weighted by molar-refractivity contribution is 5.71. The van der Waals surface area contributed by atoms with Crippen LogP contribution >= 0.6 is 0 Å². The van der Waals surface area contributed by atoms with Gasteiger partial charge in [-0.1, -0.05) is 6.42 Å². The van der Waals surface area contributed by atoms with Crippen LogP contribution in [-0.2, 0) is 4.79 Å². The number of carbonyl (C=O) groups is 1. The number of carboxylic acid groups (broad SMARTS) is 1. The topological polar surface area (TPSA) is 40.5 Å². The Morgan fingerprint density at radius 3 is 2.53 bits per heavy atom. The zero-order valence-corrected chi connectivity index (χ0v) is 8.42. The van der Waals surface area contributed by atoms with Crippen LogP contribution in [0.3, 0.4) is 0 Å². The molecule has 0 saturated heterocycles. The summed E-state index contributed by atoms with van der Waals surface area (Å²) in [5, 5.41) is 8.82. The standard InChI is InChI=1S/C9H14F3NO2/c1-13(5-9(10,11)12)7-4-2-3-6(7)8(14)15/h6-7H,2-5H2,1H3,(H,14,15). The molecule has 1 aliphatic rings. The van der Waals surface area contributed by atoms with Crippen LogP contribution in [0, 0.1) is 5.92 Å². The lowest BCUT2D eigenvalue weighted by Crippen LogP contribution is -2.42. The molecule has 15 heavy (non-hydrogen) atoms. The third-order valence-electron chi connectivity index (χ3n) is 2.79. The normalized spacial score (nSPS) is 27.3. The second-order valence-electron chi connectivity index (χ2n) is 3.97. The fourth-order valence-corrected chi connectivity index (χ4v) is 2.16. The predicted octanol–water partition coefficient (Wildman–Crippen LogP) is 1.73. The number of alkyl halides is 3. The average Bonchev–Trinajstić information content (AvgIpc) is 2.47. The number of carboxylic acids is 1. The molecule has 0 amide bonds. The Morgan fingerprint density at radius 2 is 2.07 bits per heavy atom. The van der Waals surface area contributed by atoms with Crippen LogP contribution in [0.2, 0.25) is 0 Å². The summed E-state index contributed by atoms with van der Waals surface area (Å²) < 4.78 is 36.3. The third-order valence-corrected chi connectivity index (χ3v) is 2.79. The molecule has 0 radical (unpaired) electrons. The van der Waals surface area contributed by atoms with Gasteiger partial charge in [-0.3, -0.25) is 9.69 Å². The molecular formula is C9H14F3NO2. The summed E-state index contributed by atoms with van der Waals surface area (Å²) in [6.07, 6.45) is -2.57. The molecule has 2 unspecified atom stereocenters. The second kappa shape index (κ2) is 4.38. The quantitative estimate of drug-likeness (QED) is 0.795. The molecule has 0 aliphatic heterocycles. The minimum Gasteiger partial charge on any atom is -0.481 e. The highest BCUT2D eigenvalue weighted by Gasteiger charge is 2.39. The van der Waals surface area contributed by atoms with E-state index in [1.165, 1.54) is 7.05 Å². The molecule has 1 aliphatic carbocycles. The maximum absolute atomic E-state index is 12.1. The molecule has 0 heterocycles. The van der Waals surface area contributed by atoms with E-state index in [1.807, 2.05) is 0 Å². The minimum atomic E-state index is -4.26. The van der Waals surface area contributed by atoms with E-state index < -0.39 is 30.7 Å². The molecule has 88 valence electrons. The van der Waals surface area contributed by atoms with Gasteiger partial charge in [0, 0.05) is 6.04 Å². The van der Waals surface area contributed by atoms with Crippen molar-refractivity contribution in [1.29, 1.82) is 0 Å². The van der Waals surface area contributed by atoms with Crippen LogP contribution < -0.4 is 0 Å². The molecular weight excluding hydrogens is 211 g/mol. The van der Waals surface area contributed by atoms with Gasteiger partial charge in [-0.2, -0.15) is 13.2 Å². The Labute approximate surface area is 85.9 Å². The number of rotatable bonds is 3. The van der Waals surface area contributed by atoms with Crippen molar-refractivity contribution in [1.82, 2.24) is 4.90 Å². The Hall–Kier alpha value is -0.780. The monoisotopic (exact) mass is 225 g/mol. The molecule has 1 N–H and O–H groups in total. The van der Waals surface area contributed by atoms with Crippen molar-refractivity contribution < 1.29 is 23.1 Å². The molecule has 0 aromatic rings. The summed E-state index contributed by atoms with van der Waals surface area (Å²) in [6.45, 7) is -1.04. The lowest BCUT2D eigenvalue weighted by atomic mass is 10.0. The molecule has 6 heteroatoms. The Balaban J connectivity index is 2.58. The van der Waals surface area contributed by atoms with Gasteiger partial charge in [0.1, 0.15) is 0 Å². The highest BCUT2D eigenvalue weighted by atomic mass is 19.4. The summed E-state index contributed by atoms with van der Waals surface area (Å²) in [6, 6.07) is -0.482. The SMILES string of the molecule is CN(CC(F)(F)F)C1CCCC1C(=O)O. The smallest absolute Gasteiger partial charge is 0.401 e. The molecule has 1 saturated carbocycles. The van der Waals surface area contributed by atoms with E-state index in [-0.39, 0.29) is 0 Å². The number of hydrogen-bond donors (Lipinski definition) is 1. The maximum atomic E-state index is 12.1. The largest absolute Gasteiger partial charge is 0.481 e. The maximum Gasteiger partial charge on any atom is 0.401 e. The van der Waals surface area contributed by atoms with Gasteiger partial charge in [-0.15, -0.1) is 0 Å². The van der Waals surface area contributed by atoms with Gasteiger partial charge in [0.05, 0.1) is 12.5 Å². The minimum absolute atomic E-state index is 0.474. The second-order valence-corrected chi connectivity index (χ2v) is 3.97. The molecule has 2 atom stereocenters.